The lowest BCUT2D eigenvalue weighted by Gasteiger charge is -2.19. The largest absolute Gasteiger partial charge is 0.493 e. The van der Waals surface area contributed by atoms with Crippen molar-refractivity contribution in [2.75, 3.05) is 13.2 Å². The number of aryl methyl sites for hydroxylation is 1. The van der Waals surface area contributed by atoms with Crippen LogP contribution in [-0.2, 0) is 4.79 Å². The minimum absolute atomic E-state index is 0.00611. The molecule has 0 fully saturated rings. The van der Waals surface area contributed by atoms with Gasteiger partial charge in [-0.3, -0.25) is 4.79 Å². The predicted octanol–water partition coefficient (Wildman–Crippen LogP) is 2.10. The van der Waals surface area contributed by atoms with Gasteiger partial charge in [0.15, 0.2) is 0 Å². The number of nitrogens with one attached hydrogen (secondary N) is 1. The Labute approximate surface area is 113 Å². The van der Waals surface area contributed by atoms with E-state index in [0.717, 1.165) is 29.7 Å². The van der Waals surface area contributed by atoms with E-state index in [1.54, 1.807) is 0 Å². The normalized spacial score (nSPS) is 18.1. The number of ether oxygens (including phenoxy) is 1. The monoisotopic (exact) mass is 263 g/mol. The highest BCUT2D eigenvalue weighted by Gasteiger charge is 2.22. The molecule has 4 nitrogen and oxygen atoms in total. The molecule has 2 N–H and O–H groups in total. The number of hydrogen-bond donors (Lipinski definition) is 2. The van der Waals surface area contributed by atoms with Crippen LogP contribution in [0.1, 0.15) is 42.9 Å². The first-order valence-corrected chi connectivity index (χ1v) is 6.85. The first-order valence-electron chi connectivity index (χ1n) is 6.85. The van der Waals surface area contributed by atoms with Crippen molar-refractivity contribution in [3.05, 3.63) is 29.3 Å². The van der Waals surface area contributed by atoms with Crippen LogP contribution < -0.4 is 10.1 Å². The molecular weight excluding hydrogens is 242 g/mol. The van der Waals surface area contributed by atoms with Gasteiger partial charge in [-0.2, -0.15) is 0 Å². The highest BCUT2D eigenvalue weighted by molar-refractivity contribution is 5.76. The third-order valence-corrected chi connectivity index (χ3v) is 3.40. The fraction of sp³-hybridized carbons (Fsp3) is 0.533. The summed E-state index contributed by atoms with van der Waals surface area (Å²) in [4.78, 5) is 11.8. The van der Waals surface area contributed by atoms with E-state index in [-0.39, 0.29) is 18.6 Å². The van der Waals surface area contributed by atoms with Crippen molar-refractivity contribution in [2.24, 2.45) is 0 Å². The SMILES string of the molecule is Cc1cccc2c1OCCCC2NC(=O)CCCO. The molecule has 1 aromatic carbocycles. The number of hydrogen-bond acceptors (Lipinski definition) is 3. The lowest BCUT2D eigenvalue weighted by Crippen LogP contribution is -2.28. The molecule has 2 rings (SSSR count). The van der Waals surface area contributed by atoms with Crippen LogP contribution in [0.25, 0.3) is 0 Å². The second-order valence-corrected chi connectivity index (χ2v) is 4.93. The molecule has 0 radical (unpaired) electrons. The Morgan fingerprint density at radius 3 is 3.16 bits per heavy atom. The number of amides is 1. The van der Waals surface area contributed by atoms with Crippen LogP contribution in [0.4, 0.5) is 0 Å². The first-order chi connectivity index (χ1) is 9.22. The molecular formula is C15H21NO3. The van der Waals surface area contributed by atoms with Crippen LogP contribution in [-0.4, -0.2) is 24.2 Å². The van der Waals surface area contributed by atoms with E-state index in [9.17, 15) is 4.79 Å². The molecule has 4 heteroatoms. The van der Waals surface area contributed by atoms with Crippen LogP contribution in [0.15, 0.2) is 18.2 Å². The molecule has 0 aromatic heterocycles. The van der Waals surface area contributed by atoms with Crippen molar-refractivity contribution < 1.29 is 14.6 Å². The molecule has 1 amide bonds. The van der Waals surface area contributed by atoms with Crippen LogP contribution in [0.5, 0.6) is 5.75 Å². The standard InChI is InChI=1S/C15H21NO3/c1-11-5-2-6-12-13(7-4-10-19-15(11)12)16-14(18)8-3-9-17/h2,5-6,13,17H,3-4,7-10H2,1H3,(H,16,18). The van der Waals surface area contributed by atoms with E-state index in [1.807, 2.05) is 25.1 Å². The van der Waals surface area contributed by atoms with Crippen LogP contribution in [0.2, 0.25) is 0 Å². The summed E-state index contributed by atoms with van der Waals surface area (Å²) in [6.07, 6.45) is 2.70. The van der Waals surface area contributed by atoms with Gasteiger partial charge in [0, 0.05) is 18.6 Å². The summed E-state index contributed by atoms with van der Waals surface area (Å²) in [5, 5.41) is 11.8. The highest BCUT2D eigenvalue weighted by atomic mass is 16.5. The lowest BCUT2D eigenvalue weighted by atomic mass is 9.99. The van der Waals surface area contributed by atoms with Crippen molar-refractivity contribution in [2.45, 2.75) is 38.6 Å². The van der Waals surface area contributed by atoms with Gasteiger partial charge in [-0.15, -0.1) is 0 Å². The van der Waals surface area contributed by atoms with Gasteiger partial charge in [-0.05, 0) is 31.7 Å². The minimum Gasteiger partial charge on any atom is -0.493 e. The molecule has 1 heterocycles. The van der Waals surface area contributed by atoms with Gasteiger partial charge < -0.3 is 15.2 Å². The Hall–Kier alpha value is -1.55. The summed E-state index contributed by atoms with van der Waals surface area (Å²) in [7, 11) is 0. The van der Waals surface area contributed by atoms with Crippen LogP contribution in [0, 0.1) is 6.92 Å². The van der Waals surface area contributed by atoms with Crippen molar-refractivity contribution in [1.82, 2.24) is 5.32 Å². The summed E-state index contributed by atoms with van der Waals surface area (Å²) < 4.78 is 5.78. The fourth-order valence-electron chi connectivity index (χ4n) is 2.42. The molecule has 104 valence electrons. The van der Waals surface area contributed by atoms with Crippen LogP contribution >= 0.6 is 0 Å². The molecule has 0 spiro atoms. The van der Waals surface area contributed by atoms with Crippen molar-refractivity contribution in [3.8, 4) is 5.75 Å². The van der Waals surface area contributed by atoms with E-state index >= 15 is 0 Å². The number of para-hydroxylation sites is 1. The number of aliphatic hydroxyl groups excluding tert-OH is 1. The van der Waals surface area contributed by atoms with Gasteiger partial charge in [0.1, 0.15) is 5.75 Å². The third-order valence-electron chi connectivity index (χ3n) is 3.40. The van der Waals surface area contributed by atoms with E-state index in [0.29, 0.717) is 19.4 Å². The number of rotatable bonds is 4. The summed E-state index contributed by atoms with van der Waals surface area (Å²) in [5.41, 5.74) is 2.17. The molecule has 19 heavy (non-hydrogen) atoms. The summed E-state index contributed by atoms with van der Waals surface area (Å²) in [5.74, 6) is 0.904. The highest BCUT2D eigenvalue weighted by Crippen LogP contribution is 2.33. The fourth-order valence-corrected chi connectivity index (χ4v) is 2.42. The summed E-state index contributed by atoms with van der Waals surface area (Å²) in [6.45, 7) is 2.77. The molecule has 0 saturated heterocycles. The van der Waals surface area contributed by atoms with Crippen molar-refractivity contribution in [3.63, 3.8) is 0 Å². The number of fused-ring (bicyclic) bond motifs is 1. The number of carbonyl (C=O) groups is 1. The number of benzene rings is 1. The van der Waals surface area contributed by atoms with E-state index in [2.05, 4.69) is 5.32 Å². The smallest absolute Gasteiger partial charge is 0.220 e. The average molecular weight is 263 g/mol. The molecule has 1 atom stereocenters. The van der Waals surface area contributed by atoms with E-state index in [1.165, 1.54) is 0 Å². The Bertz CT molecular complexity index is 445. The lowest BCUT2D eigenvalue weighted by molar-refractivity contribution is -0.122. The maximum absolute atomic E-state index is 11.8. The molecule has 0 saturated carbocycles. The molecule has 0 bridgehead atoms. The quantitative estimate of drug-likeness (QED) is 0.874. The average Bonchev–Trinajstić information content (AvgIpc) is 2.60. The Balaban J connectivity index is 2.13. The second-order valence-electron chi connectivity index (χ2n) is 4.93. The number of carbonyl (C=O) groups excluding carboxylic acids is 1. The zero-order valence-electron chi connectivity index (χ0n) is 11.3. The van der Waals surface area contributed by atoms with Gasteiger partial charge in [0.25, 0.3) is 0 Å². The summed E-state index contributed by atoms with van der Waals surface area (Å²) >= 11 is 0. The minimum atomic E-state index is -0.00611. The zero-order chi connectivity index (χ0) is 13.7. The second kappa shape index (κ2) is 6.57. The Morgan fingerprint density at radius 1 is 1.53 bits per heavy atom. The number of aliphatic hydroxyl groups is 1. The summed E-state index contributed by atoms with van der Waals surface area (Å²) in [6, 6.07) is 6.05. The van der Waals surface area contributed by atoms with Gasteiger partial charge >= 0.3 is 0 Å². The third kappa shape index (κ3) is 3.47. The molecule has 1 aliphatic rings. The Kier molecular flexibility index (Phi) is 4.80. The van der Waals surface area contributed by atoms with Gasteiger partial charge in [-0.1, -0.05) is 18.2 Å². The zero-order valence-corrected chi connectivity index (χ0v) is 11.3. The topological polar surface area (TPSA) is 58.6 Å². The van der Waals surface area contributed by atoms with Gasteiger partial charge in [0.2, 0.25) is 5.91 Å². The van der Waals surface area contributed by atoms with Gasteiger partial charge in [0.05, 0.1) is 12.6 Å². The molecule has 0 aliphatic carbocycles. The first kappa shape index (κ1) is 13.9. The Morgan fingerprint density at radius 2 is 2.37 bits per heavy atom. The van der Waals surface area contributed by atoms with Crippen LogP contribution in [0.3, 0.4) is 0 Å². The van der Waals surface area contributed by atoms with Gasteiger partial charge in [-0.25, -0.2) is 0 Å². The maximum atomic E-state index is 11.8. The van der Waals surface area contributed by atoms with Crippen molar-refractivity contribution in [1.29, 1.82) is 0 Å². The molecule has 1 aromatic rings. The molecule has 1 aliphatic heterocycles. The van der Waals surface area contributed by atoms with E-state index in [4.69, 9.17) is 9.84 Å². The van der Waals surface area contributed by atoms with E-state index < -0.39 is 0 Å². The molecule has 1 unspecified atom stereocenters. The maximum Gasteiger partial charge on any atom is 0.220 e. The van der Waals surface area contributed by atoms with Crippen molar-refractivity contribution >= 4 is 5.91 Å². The predicted molar refractivity (Wildman–Crippen MR) is 73.1 cm³/mol.